The van der Waals surface area contributed by atoms with Crippen LogP contribution in [-0.4, -0.2) is 33.5 Å². The standard InChI is InChI=1S/C10H13NO5P/c12-10(9-5-2-1-3-6-9)11(13)7-4-8-17(14,15)16/h1-3,5-6H,4,7-8H2,(H2,14,15,16)/q-1. The van der Waals surface area contributed by atoms with Crippen molar-refractivity contribution in [3.63, 3.8) is 0 Å². The van der Waals surface area contributed by atoms with Gasteiger partial charge >= 0.3 is 7.60 Å². The van der Waals surface area contributed by atoms with E-state index < -0.39 is 19.7 Å². The summed E-state index contributed by atoms with van der Waals surface area (Å²) in [7, 11) is -4.10. The number of amides is 1. The van der Waals surface area contributed by atoms with E-state index in [0.29, 0.717) is 0 Å². The molecule has 0 aliphatic heterocycles. The van der Waals surface area contributed by atoms with Crippen molar-refractivity contribution in [2.45, 2.75) is 6.42 Å². The quantitative estimate of drug-likeness (QED) is 0.610. The SMILES string of the molecule is O=C(c1ccccc1)N([O-])CCCP(=O)(O)O. The van der Waals surface area contributed by atoms with Crippen LogP contribution in [0.4, 0.5) is 0 Å². The van der Waals surface area contributed by atoms with Crippen LogP contribution < -0.4 is 0 Å². The number of hydroxylamine groups is 2. The maximum Gasteiger partial charge on any atom is 0.325 e. The Morgan fingerprint density at radius 1 is 1.29 bits per heavy atom. The molecule has 0 aliphatic rings. The molecule has 0 heterocycles. The van der Waals surface area contributed by atoms with Crippen molar-refractivity contribution in [2.75, 3.05) is 12.7 Å². The minimum atomic E-state index is -4.10. The smallest absolute Gasteiger partial charge is 0.325 e. The van der Waals surface area contributed by atoms with Crippen LogP contribution in [0.25, 0.3) is 0 Å². The van der Waals surface area contributed by atoms with Gasteiger partial charge in [0.2, 0.25) is 5.91 Å². The number of rotatable bonds is 5. The van der Waals surface area contributed by atoms with E-state index in [4.69, 9.17) is 9.79 Å². The molecule has 17 heavy (non-hydrogen) atoms. The summed E-state index contributed by atoms with van der Waals surface area (Å²) < 4.78 is 10.5. The zero-order valence-electron chi connectivity index (χ0n) is 9.02. The second kappa shape index (κ2) is 5.93. The minimum Gasteiger partial charge on any atom is -0.756 e. The fourth-order valence-electron chi connectivity index (χ4n) is 1.25. The van der Waals surface area contributed by atoms with Gasteiger partial charge in [0, 0.05) is 12.1 Å². The monoisotopic (exact) mass is 258 g/mol. The van der Waals surface area contributed by atoms with Gasteiger partial charge in [-0.1, -0.05) is 18.2 Å². The van der Waals surface area contributed by atoms with Crippen molar-refractivity contribution >= 4 is 13.5 Å². The van der Waals surface area contributed by atoms with Crippen LogP contribution in [0.2, 0.25) is 0 Å². The van der Waals surface area contributed by atoms with E-state index in [9.17, 15) is 14.6 Å². The van der Waals surface area contributed by atoms with E-state index in [1.165, 1.54) is 12.1 Å². The highest BCUT2D eigenvalue weighted by molar-refractivity contribution is 7.51. The maximum absolute atomic E-state index is 11.5. The summed E-state index contributed by atoms with van der Waals surface area (Å²) in [6, 6.07) is 8.01. The van der Waals surface area contributed by atoms with Crippen molar-refractivity contribution in [3.05, 3.63) is 41.1 Å². The Kier molecular flexibility index (Phi) is 4.84. The molecular formula is C10H13NO5P-. The van der Waals surface area contributed by atoms with Crippen molar-refractivity contribution in [1.82, 2.24) is 5.06 Å². The summed E-state index contributed by atoms with van der Waals surface area (Å²) in [6.45, 7) is -0.223. The van der Waals surface area contributed by atoms with Crippen LogP contribution in [0.3, 0.4) is 0 Å². The molecule has 0 saturated carbocycles. The fourth-order valence-corrected chi connectivity index (χ4v) is 1.80. The van der Waals surface area contributed by atoms with Crippen molar-refractivity contribution < 1.29 is 19.1 Å². The summed E-state index contributed by atoms with van der Waals surface area (Å²) in [6.07, 6.45) is -0.417. The van der Waals surface area contributed by atoms with E-state index in [0.717, 1.165) is 0 Å². The molecular weight excluding hydrogens is 245 g/mol. The van der Waals surface area contributed by atoms with Crippen LogP contribution in [0.5, 0.6) is 0 Å². The molecule has 0 spiro atoms. The lowest BCUT2D eigenvalue weighted by atomic mass is 10.2. The van der Waals surface area contributed by atoms with Crippen LogP contribution in [0, 0.1) is 5.21 Å². The van der Waals surface area contributed by atoms with Crippen molar-refractivity contribution in [1.29, 1.82) is 0 Å². The first-order chi connectivity index (χ1) is 7.90. The van der Waals surface area contributed by atoms with E-state index in [-0.39, 0.29) is 23.6 Å². The minimum absolute atomic E-state index is 0.0215. The van der Waals surface area contributed by atoms with Gasteiger partial charge in [0.1, 0.15) is 0 Å². The molecule has 0 aromatic heterocycles. The number of carbonyl (C=O) groups excluding carboxylic acids is 1. The molecule has 1 amide bonds. The van der Waals surface area contributed by atoms with Gasteiger partial charge in [-0.05, 0) is 18.6 Å². The molecule has 1 rings (SSSR count). The van der Waals surface area contributed by atoms with E-state index in [1.807, 2.05) is 0 Å². The molecule has 0 radical (unpaired) electrons. The summed E-state index contributed by atoms with van der Waals surface area (Å²) in [5.41, 5.74) is 0.263. The van der Waals surface area contributed by atoms with Gasteiger partial charge in [0.25, 0.3) is 0 Å². The molecule has 7 heteroatoms. The number of hydrogen-bond donors (Lipinski definition) is 2. The summed E-state index contributed by atoms with van der Waals surface area (Å²) >= 11 is 0. The Morgan fingerprint density at radius 3 is 2.41 bits per heavy atom. The molecule has 6 nitrogen and oxygen atoms in total. The lowest BCUT2D eigenvalue weighted by Crippen LogP contribution is -2.26. The summed E-state index contributed by atoms with van der Waals surface area (Å²) in [4.78, 5) is 28.7. The fraction of sp³-hybridized carbons (Fsp3) is 0.300. The summed E-state index contributed by atoms with van der Waals surface area (Å²) in [5, 5.41) is 11.6. The Morgan fingerprint density at radius 2 is 1.88 bits per heavy atom. The lowest BCUT2D eigenvalue weighted by molar-refractivity contribution is 0.0822. The molecule has 0 unspecified atom stereocenters. The van der Waals surface area contributed by atoms with Gasteiger partial charge < -0.3 is 20.1 Å². The zero-order valence-corrected chi connectivity index (χ0v) is 9.92. The van der Waals surface area contributed by atoms with Crippen LogP contribution in [-0.2, 0) is 4.57 Å². The van der Waals surface area contributed by atoms with Gasteiger partial charge in [-0.2, -0.15) is 0 Å². The van der Waals surface area contributed by atoms with E-state index in [2.05, 4.69) is 0 Å². The summed E-state index contributed by atoms with van der Waals surface area (Å²) in [5.74, 6) is -0.698. The van der Waals surface area contributed by atoms with E-state index in [1.54, 1.807) is 18.2 Å². The third kappa shape index (κ3) is 5.10. The largest absolute Gasteiger partial charge is 0.756 e. The van der Waals surface area contributed by atoms with Gasteiger partial charge in [0.15, 0.2) is 0 Å². The predicted molar refractivity (Wildman–Crippen MR) is 62.4 cm³/mol. The molecule has 0 fully saturated rings. The number of benzene rings is 1. The second-order valence-electron chi connectivity index (χ2n) is 3.52. The Hall–Kier alpha value is -1.20. The average Bonchev–Trinajstić information content (AvgIpc) is 2.27. The molecule has 0 bridgehead atoms. The van der Waals surface area contributed by atoms with E-state index >= 15 is 0 Å². The zero-order chi connectivity index (χ0) is 12.9. The van der Waals surface area contributed by atoms with Gasteiger partial charge in [0.05, 0.1) is 6.16 Å². The van der Waals surface area contributed by atoms with Gasteiger partial charge in [-0.25, -0.2) is 0 Å². The second-order valence-corrected chi connectivity index (χ2v) is 5.29. The molecule has 1 aromatic carbocycles. The lowest BCUT2D eigenvalue weighted by Gasteiger charge is -2.28. The van der Waals surface area contributed by atoms with Crippen LogP contribution in [0.1, 0.15) is 16.8 Å². The topological polar surface area (TPSA) is 101 Å². The number of hydrogen-bond acceptors (Lipinski definition) is 3. The third-order valence-electron chi connectivity index (χ3n) is 2.06. The molecule has 0 saturated heterocycles. The van der Waals surface area contributed by atoms with Crippen LogP contribution >= 0.6 is 7.60 Å². The highest BCUT2D eigenvalue weighted by atomic mass is 31.2. The molecule has 0 aliphatic carbocycles. The predicted octanol–water partition coefficient (Wildman–Crippen LogP) is 1.19. The molecule has 94 valence electrons. The van der Waals surface area contributed by atoms with Crippen molar-refractivity contribution in [3.8, 4) is 0 Å². The molecule has 2 N–H and O–H groups in total. The van der Waals surface area contributed by atoms with Gasteiger partial charge in [-0.3, -0.25) is 9.36 Å². The first kappa shape index (κ1) is 13.9. The highest BCUT2D eigenvalue weighted by Gasteiger charge is 2.13. The average molecular weight is 258 g/mol. The first-order valence-electron chi connectivity index (χ1n) is 4.99. The third-order valence-corrected chi connectivity index (χ3v) is 2.96. The highest BCUT2D eigenvalue weighted by Crippen LogP contribution is 2.34. The number of nitrogens with zero attached hydrogens (tertiary/aromatic N) is 1. The molecule has 1 aromatic rings. The van der Waals surface area contributed by atoms with Crippen molar-refractivity contribution in [2.24, 2.45) is 0 Å². The number of carbonyl (C=O) groups is 1. The molecule has 0 atom stereocenters. The Labute approximate surface area is 98.6 Å². The van der Waals surface area contributed by atoms with Crippen LogP contribution in [0.15, 0.2) is 30.3 Å². The first-order valence-corrected chi connectivity index (χ1v) is 6.78. The Balaban J connectivity index is 2.46. The Bertz CT molecular complexity index is 416. The maximum atomic E-state index is 11.5. The van der Waals surface area contributed by atoms with Gasteiger partial charge in [-0.15, -0.1) is 0 Å². The normalized spacial score (nSPS) is 11.2.